The van der Waals surface area contributed by atoms with Gasteiger partial charge >= 0.3 is 0 Å². The Hall–Kier alpha value is -5.68. The van der Waals surface area contributed by atoms with Gasteiger partial charge in [-0.05, 0) is 104 Å². The van der Waals surface area contributed by atoms with Crippen LogP contribution < -0.4 is 19.2 Å². The summed E-state index contributed by atoms with van der Waals surface area (Å²) in [5.41, 5.74) is 3.14. The SMILES string of the molecule is Cn1cnc(S(=O)(=O)N(Cc2ccc(Cl)cc2)c2cccc(C(=O)NC3CCC3)c2)c1.Cn1cnc(S(=O)(=O)N(Cc2ccc(Cl)cc2)c2cccc(C(=O)NC3CCCC3)c2)c1. The molecule has 2 heterocycles. The molecule has 2 saturated carbocycles. The van der Waals surface area contributed by atoms with Crippen LogP contribution in [0.15, 0.2) is 132 Å². The Labute approximate surface area is 378 Å². The number of rotatable bonds is 14. The van der Waals surface area contributed by atoms with Crippen LogP contribution in [0, 0.1) is 0 Å². The van der Waals surface area contributed by atoms with E-state index in [4.69, 9.17) is 23.2 Å². The molecular formula is C45H48Cl2N8O6S2. The molecule has 0 spiro atoms. The number of carbonyl (C=O) groups excluding carboxylic acids is 2. The Balaban J connectivity index is 0.000000189. The van der Waals surface area contributed by atoms with E-state index >= 15 is 0 Å². The highest BCUT2D eigenvalue weighted by Crippen LogP contribution is 2.29. The van der Waals surface area contributed by atoms with E-state index in [0.29, 0.717) is 32.5 Å². The second-order valence-corrected chi connectivity index (χ2v) is 20.2. The van der Waals surface area contributed by atoms with Crippen molar-refractivity contribution < 1.29 is 26.4 Å². The summed E-state index contributed by atoms with van der Waals surface area (Å²) in [7, 11) is -4.51. The van der Waals surface area contributed by atoms with Crippen LogP contribution >= 0.6 is 23.2 Å². The van der Waals surface area contributed by atoms with Crippen LogP contribution in [-0.4, -0.2) is 59.8 Å². The second kappa shape index (κ2) is 19.8. The monoisotopic (exact) mass is 930 g/mol. The van der Waals surface area contributed by atoms with Crippen LogP contribution in [0.3, 0.4) is 0 Å². The third kappa shape index (κ3) is 11.3. The van der Waals surface area contributed by atoms with E-state index < -0.39 is 20.0 Å². The molecule has 0 radical (unpaired) electrons. The molecule has 2 fully saturated rings. The lowest BCUT2D eigenvalue weighted by Crippen LogP contribution is -2.39. The van der Waals surface area contributed by atoms with Crippen molar-refractivity contribution in [2.24, 2.45) is 14.1 Å². The molecule has 2 aliphatic rings. The number of sulfonamides is 2. The van der Waals surface area contributed by atoms with Crippen LogP contribution in [0.5, 0.6) is 0 Å². The highest BCUT2D eigenvalue weighted by atomic mass is 35.5. The maximum Gasteiger partial charge on any atom is 0.283 e. The van der Waals surface area contributed by atoms with E-state index in [1.54, 1.807) is 120 Å². The Morgan fingerprint density at radius 1 is 0.603 bits per heavy atom. The third-order valence-electron chi connectivity index (χ3n) is 10.9. The Morgan fingerprint density at radius 2 is 0.984 bits per heavy atom. The molecule has 18 heteroatoms. The highest BCUT2D eigenvalue weighted by molar-refractivity contribution is 7.93. The van der Waals surface area contributed by atoms with Gasteiger partial charge in [-0.1, -0.05) is 72.4 Å². The summed E-state index contributed by atoms with van der Waals surface area (Å²) in [5, 5.41) is 7.06. The van der Waals surface area contributed by atoms with Crippen molar-refractivity contribution in [2.75, 3.05) is 8.61 Å². The van der Waals surface area contributed by atoms with E-state index in [-0.39, 0.29) is 47.0 Å². The van der Waals surface area contributed by atoms with Crippen molar-refractivity contribution in [2.45, 2.75) is 80.2 Å². The van der Waals surface area contributed by atoms with E-state index in [9.17, 15) is 26.4 Å². The normalized spacial score (nSPS) is 14.3. The van der Waals surface area contributed by atoms with Crippen LogP contribution in [-0.2, 0) is 47.2 Å². The third-order valence-corrected chi connectivity index (χ3v) is 14.7. The number of hydrogen-bond donors (Lipinski definition) is 2. The standard InChI is InChI=1S/C23H25ClN4O3S.C22H23ClN4O3S/c1-27-15-22(25-16-27)32(30,31)28(14-17-9-11-19(24)12-10-17)21-8-4-5-18(13-21)23(29)26-20-6-2-3-7-20;1-26-14-21(24-15-26)31(29,30)27(13-16-8-10-18(23)11-9-16)20-7-2-4-17(12-20)22(28)25-19-5-3-6-19/h4-5,8-13,15-16,20H,2-3,6-7,14H2,1H3,(H,26,29);2,4,7-12,14-15,19H,3,5-6,13H2,1H3,(H,25,28). The van der Waals surface area contributed by atoms with Crippen molar-refractivity contribution in [1.29, 1.82) is 0 Å². The number of hydrogen-bond acceptors (Lipinski definition) is 8. The molecule has 0 saturated heterocycles. The maximum absolute atomic E-state index is 13.5. The number of nitrogens with one attached hydrogen (secondary N) is 2. The summed E-state index contributed by atoms with van der Waals surface area (Å²) in [6, 6.07) is 27.7. The summed E-state index contributed by atoms with van der Waals surface area (Å²) in [6.07, 6.45) is 13.0. The minimum Gasteiger partial charge on any atom is -0.349 e. The molecule has 14 nitrogen and oxygen atoms in total. The van der Waals surface area contributed by atoms with E-state index in [1.807, 2.05) is 0 Å². The molecular weight excluding hydrogens is 884 g/mol. The number of imidazole rings is 2. The fourth-order valence-corrected chi connectivity index (χ4v) is 10.3. The molecule has 0 aliphatic heterocycles. The predicted octanol–water partition coefficient (Wildman–Crippen LogP) is 7.89. The van der Waals surface area contributed by atoms with Gasteiger partial charge in [-0.25, -0.2) is 9.97 Å². The average Bonchev–Trinajstić information content (AvgIpc) is 4.05. The number of anilines is 2. The van der Waals surface area contributed by atoms with E-state index in [2.05, 4.69) is 20.6 Å². The predicted molar refractivity (Wildman–Crippen MR) is 244 cm³/mol. The number of halogens is 2. The van der Waals surface area contributed by atoms with Gasteiger partial charge in [-0.3, -0.25) is 18.2 Å². The molecule has 63 heavy (non-hydrogen) atoms. The molecule has 2 N–H and O–H groups in total. The molecule has 0 bridgehead atoms. The van der Waals surface area contributed by atoms with Crippen LogP contribution in [0.2, 0.25) is 10.0 Å². The van der Waals surface area contributed by atoms with Crippen LogP contribution in [0.1, 0.15) is 76.8 Å². The topological polar surface area (TPSA) is 169 Å². The molecule has 330 valence electrons. The lowest BCUT2D eigenvalue weighted by atomic mass is 9.93. The summed E-state index contributed by atoms with van der Waals surface area (Å²) < 4.78 is 59.6. The van der Waals surface area contributed by atoms with Crippen molar-refractivity contribution in [3.63, 3.8) is 0 Å². The minimum atomic E-state index is -3.97. The van der Waals surface area contributed by atoms with Gasteiger partial charge in [0.1, 0.15) is 0 Å². The number of benzene rings is 4. The summed E-state index contributed by atoms with van der Waals surface area (Å²) in [6.45, 7) is 0.146. The highest BCUT2D eigenvalue weighted by Gasteiger charge is 2.30. The molecule has 2 aromatic heterocycles. The molecule has 6 aromatic rings. The first-order valence-corrected chi connectivity index (χ1v) is 24.1. The van der Waals surface area contributed by atoms with Gasteiger partial charge in [-0.15, -0.1) is 0 Å². The zero-order chi connectivity index (χ0) is 44.7. The van der Waals surface area contributed by atoms with Gasteiger partial charge in [0.15, 0.2) is 10.1 Å². The van der Waals surface area contributed by atoms with Crippen LogP contribution in [0.25, 0.3) is 0 Å². The van der Waals surface area contributed by atoms with Gasteiger partial charge in [0, 0.05) is 59.7 Å². The molecule has 0 unspecified atom stereocenters. The summed E-state index contributed by atoms with van der Waals surface area (Å²) >= 11 is 12.0. The number of carbonyl (C=O) groups is 2. The first-order chi connectivity index (χ1) is 30.1. The van der Waals surface area contributed by atoms with Gasteiger partial charge in [0.2, 0.25) is 0 Å². The van der Waals surface area contributed by atoms with Gasteiger partial charge in [-0.2, -0.15) is 16.8 Å². The number of aromatic nitrogens is 4. The van der Waals surface area contributed by atoms with E-state index in [0.717, 1.165) is 56.1 Å². The Morgan fingerprint density at radius 3 is 1.32 bits per heavy atom. The fraction of sp³-hybridized carbons (Fsp3) is 0.289. The zero-order valence-corrected chi connectivity index (χ0v) is 37.9. The van der Waals surface area contributed by atoms with Gasteiger partial charge in [0.05, 0.1) is 37.1 Å². The van der Waals surface area contributed by atoms with Crippen molar-refractivity contribution >= 4 is 66.4 Å². The minimum absolute atomic E-state index is 0.0604. The van der Waals surface area contributed by atoms with Crippen LogP contribution in [0.4, 0.5) is 11.4 Å². The average molecular weight is 932 g/mol. The number of aryl methyl sites for hydroxylation is 2. The second-order valence-electron chi connectivity index (χ2n) is 15.7. The summed E-state index contributed by atoms with van der Waals surface area (Å²) in [5.74, 6) is -0.395. The number of nitrogens with zero attached hydrogens (tertiary/aromatic N) is 6. The first-order valence-electron chi connectivity index (χ1n) is 20.5. The first kappa shape index (κ1) is 45.3. The molecule has 2 amide bonds. The molecule has 8 rings (SSSR count). The van der Waals surface area contributed by atoms with Gasteiger partial charge < -0.3 is 19.8 Å². The molecule has 0 atom stereocenters. The van der Waals surface area contributed by atoms with Gasteiger partial charge in [0.25, 0.3) is 31.9 Å². The quantitative estimate of drug-likeness (QED) is 0.111. The fourth-order valence-electron chi connectivity index (χ4n) is 7.18. The Kier molecular flexibility index (Phi) is 14.2. The van der Waals surface area contributed by atoms with Crippen molar-refractivity contribution in [1.82, 2.24) is 29.7 Å². The smallest absolute Gasteiger partial charge is 0.283 e. The maximum atomic E-state index is 13.5. The zero-order valence-electron chi connectivity index (χ0n) is 34.8. The Bertz CT molecular complexity index is 2770. The summed E-state index contributed by atoms with van der Waals surface area (Å²) in [4.78, 5) is 33.5. The number of amides is 2. The lowest BCUT2D eigenvalue weighted by molar-refractivity contribution is 0.0914. The van der Waals surface area contributed by atoms with E-state index in [1.165, 1.54) is 33.7 Å². The lowest BCUT2D eigenvalue weighted by Gasteiger charge is -2.27. The largest absolute Gasteiger partial charge is 0.349 e. The van der Waals surface area contributed by atoms with Crippen molar-refractivity contribution in [3.05, 3.63) is 154 Å². The molecule has 4 aromatic carbocycles. The molecule has 2 aliphatic carbocycles. The van der Waals surface area contributed by atoms with Crippen molar-refractivity contribution in [3.8, 4) is 0 Å².